The zero-order chi connectivity index (χ0) is 27.5. The number of rotatable bonds is 8. The largest absolute Gasteiger partial charge is 0.508 e. The Morgan fingerprint density at radius 3 is 1.71 bits per heavy atom. The second-order valence-electron chi connectivity index (χ2n) is 9.25. The fourth-order valence-corrected chi connectivity index (χ4v) is 3.77. The first kappa shape index (κ1) is 28.4. The first-order valence-corrected chi connectivity index (χ1v) is 13.1. The van der Waals surface area contributed by atoms with Gasteiger partial charge in [-0.25, -0.2) is 0 Å². The average Bonchev–Trinajstić information content (AvgIpc) is 2.97. The number of ketones is 2. The van der Waals surface area contributed by atoms with Crippen LogP contribution in [-0.4, -0.2) is 16.7 Å². The van der Waals surface area contributed by atoms with E-state index < -0.39 is 0 Å². The van der Waals surface area contributed by atoms with Crippen molar-refractivity contribution in [3.8, 4) is 17.2 Å². The van der Waals surface area contributed by atoms with Crippen LogP contribution in [0, 0.1) is 5.92 Å². The quantitative estimate of drug-likeness (QED) is 0.244. The first-order valence-electron chi connectivity index (χ1n) is 13.1. The molecule has 0 saturated heterocycles. The van der Waals surface area contributed by atoms with Crippen LogP contribution < -0.4 is 4.74 Å². The molecule has 0 amide bonds. The molecular formula is C34H36O4. The second-order valence-corrected chi connectivity index (χ2v) is 9.25. The van der Waals surface area contributed by atoms with Gasteiger partial charge in [-0.3, -0.25) is 9.59 Å². The molecule has 0 aliphatic heterocycles. The number of phenolic OH excluding ortho intramolecular Hbond substituents is 1. The van der Waals surface area contributed by atoms with Crippen molar-refractivity contribution in [2.75, 3.05) is 0 Å². The van der Waals surface area contributed by atoms with Gasteiger partial charge >= 0.3 is 0 Å². The summed E-state index contributed by atoms with van der Waals surface area (Å²) in [4.78, 5) is 25.4. The van der Waals surface area contributed by atoms with Crippen molar-refractivity contribution in [2.24, 2.45) is 5.92 Å². The van der Waals surface area contributed by atoms with E-state index in [2.05, 4.69) is 32.9 Å². The predicted molar refractivity (Wildman–Crippen MR) is 154 cm³/mol. The lowest BCUT2D eigenvalue weighted by Gasteiger charge is -2.16. The minimum atomic E-state index is -0.132. The molecule has 3 aromatic rings. The molecular weight excluding hydrogens is 472 g/mol. The van der Waals surface area contributed by atoms with Crippen molar-refractivity contribution in [2.45, 2.75) is 47.0 Å². The molecule has 1 N–H and O–H groups in total. The van der Waals surface area contributed by atoms with E-state index >= 15 is 0 Å². The van der Waals surface area contributed by atoms with Gasteiger partial charge in [0.25, 0.3) is 0 Å². The maximum Gasteiger partial charge on any atom is 0.193 e. The number of ether oxygens (including phenoxy) is 1. The predicted octanol–water partition coefficient (Wildman–Crippen LogP) is 8.87. The van der Waals surface area contributed by atoms with E-state index in [0.717, 1.165) is 6.42 Å². The number of carbonyl (C=O) groups excluding carboxylic acids is 2. The normalized spacial score (nSPS) is 14.7. The van der Waals surface area contributed by atoms with Gasteiger partial charge in [-0.15, -0.1) is 0 Å². The monoisotopic (exact) mass is 508 g/mol. The summed E-state index contributed by atoms with van der Waals surface area (Å²) < 4.78 is 5.88. The molecule has 4 heteroatoms. The number of benzene rings is 3. The summed E-state index contributed by atoms with van der Waals surface area (Å²) >= 11 is 0. The summed E-state index contributed by atoms with van der Waals surface area (Å²) in [5, 5.41) is 9.38. The molecule has 38 heavy (non-hydrogen) atoms. The maximum absolute atomic E-state index is 12.8. The highest BCUT2D eigenvalue weighted by Crippen LogP contribution is 2.27. The number of Topliss-reactive ketones (excluding diaryl/α,β-unsaturated/α-hetero) is 1. The van der Waals surface area contributed by atoms with Crippen LogP contribution in [0.15, 0.2) is 108 Å². The third-order valence-electron chi connectivity index (χ3n) is 6.50. The minimum absolute atomic E-state index is 0.00326. The van der Waals surface area contributed by atoms with E-state index in [1.54, 1.807) is 60.7 Å². The van der Waals surface area contributed by atoms with Crippen LogP contribution in [0.2, 0.25) is 0 Å². The van der Waals surface area contributed by atoms with Gasteiger partial charge in [0.05, 0.1) is 0 Å². The molecule has 1 atom stereocenters. The fourth-order valence-electron chi connectivity index (χ4n) is 3.77. The minimum Gasteiger partial charge on any atom is -0.508 e. The number of hydrogen-bond donors (Lipinski definition) is 1. The Morgan fingerprint density at radius 2 is 1.29 bits per heavy atom. The van der Waals surface area contributed by atoms with Crippen LogP contribution in [-0.2, 0) is 0 Å². The Bertz CT molecular complexity index is 1310. The van der Waals surface area contributed by atoms with Gasteiger partial charge in [0.1, 0.15) is 17.2 Å². The van der Waals surface area contributed by atoms with Gasteiger partial charge < -0.3 is 9.84 Å². The van der Waals surface area contributed by atoms with Gasteiger partial charge in [0.15, 0.2) is 11.6 Å². The molecule has 1 aliphatic rings. The number of aromatic hydroxyl groups is 1. The van der Waals surface area contributed by atoms with Crippen molar-refractivity contribution in [3.63, 3.8) is 0 Å². The van der Waals surface area contributed by atoms with Crippen LogP contribution in [0.1, 0.15) is 73.2 Å². The van der Waals surface area contributed by atoms with E-state index in [-0.39, 0.29) is 17.3 Å². The third kappa shape index (κ3) is 7.66. The second kappa shape index (κ2) is 13.9. The highest BCUT2D eigenvalue weighted by Gasteiger charge is 2.16. The summed E-state index contributed by atoms with van der Waals surface area (Å²) in [7, 11) is 0. The van der Waals surface area contributed by atoms with Gasteiger partial charge in [-0.2, -0.15) is 0 Å². The zero-order valence-corrected chi connectivity index (χ0v) is 22.6. The Morgan fingerprint density at radius 1 is 0.816 bits per heavy atom. The van der Waals surface area contributed by atoms with Crippen molar-refractivity contribution in [3.05, 3.63) is 125 Å². The summed E-state index contributed by atoms with van der Waals surface area (Å²) in [6, 6.07) is 20.1. The molecule has 0 aromatic heterocycles. The Kier molecular flexibility index (Phi) is 10.4. The zero-order valence-electron chi connectivity index (χ0n) is 22.6. The lowest BCUT2D eigenvalue weighted by molar-refractivity contribution is 0.103. The van der Waals surface area contributed by atoms with Crippen LogP contribution >= 0.6 is 0 Å². The van der Waals surface area contributed by atoms with Gasteiger partial charge in [0, 0.05) is 28.2 Å². The van der Waals surface area contributed by atoms with Crippen molar-refractivity contribution in [1.29, 1.82) is 0 Å². The van der Waals surface area contributed by atoms with Crippen molar-refractivity contribution >= 4 is 11.6 Å². The molecule has 0 heterocycles. The smallest absolute Gasteiger partial charge is 0.193 e. The molecule has 0 fully saturated rings. The fraction of sp³-hybridized carbons (Fsp3) is 0.235. The summed E-state index contributed by atoms with van der Waals surface area (Å²) in [6.45, 7) is 8.50. The number of carbonyl (C=O) groups is 2. The van der Waals surface area contributed by atoms with E-state index in [0.29, 0.717) is 39.7 Å². The lowest BCUT2D eigenvalue weighted by Crippen LogP contribution is -2.08. The molecule has 4 nitrogen and oxygen atoms in total. The van der Waals surface area contributed by atoms with E-state index in [4.69, 9.17) is 4.74 Å². The molecule has 0 saturated carbocycles. The third-order valence-corrected chi connectivity index (χ3v) is 6.50. The maximum atomic E-state index is 12.8. The highest BCUT2D eigenvalue weighted by atomic mass is 16.5. The molecule has 196 valence electrons. The summed E-state index contributed by atoms with van der Waals surface area (Å²) in [6.07, 6.45) is 11.6. The summed E-state index contributed by atoms with van der Waals surface area (Å²) in [5.74, 6) is 1.54. The molecule has 1 unspecified atom stereocenters. The number of phenols is 1. The van der Waals surface area contributed by atoms with E-state index in [1.807, 2.05) is 19.1 Å². The molecule has 0 spiro atoms. The lowest BCUT2D eigenvalue weighted by atomic mass is 9.88. The van der Waals surface area contributed by atoms with Crippen LogP contribution in [0.5, 0.6) is 17.2 Å². The van der Waals surface area contributed by atoms with E-state index in [1.165, 1.54) is 30.5 Å². The Balaban J connectivity index is 0.000000934. The van der Waals surface area contributed by atoms with Gasteiger partial charge in [-0.1, -0.05) is 56.6 Å². The molecule has 3 aromatic carbocycles. The standard InChI is InChI=1S/C30H26O4.C4H10/c1-3-20(2)21-4-6-22(7-5-21)29(32)24-10-16-27(17-11-24)34-28-18-12-25(13-19-28)30(33)23-8-14-26(31)15-9-23;1-3-4-2/h3-4,6-19,21,31H,5H2,1-2H3;3-4H2,1-2H3/b20-3-;. The van der Waals surface area contributed by atoms with Crippen molar-refractivity contribution in [1.82, 2.24) is 0 Å². The number of hydrogen-bond acceptors (Lipinski definition) is 4. The van der Waals surface area contributed by atoms with Crippen LogP contribution in [0.3, 0.4) is 0 Å². The Labute approximate surface area is 226 Å². The van der Waals surface area contributed by atoms with Crippen molar-refractivity contribution < 1.29 is 19.4 Å². The topological polar surface area (TPSA) is 63.6 Å². The van der Waals surface area contributed by atoms with E-state index in [9.17, 15) is 14.7 Å². The molecule has 4 rings (SSSR count). The highest BCUT2D eigenvalue weighted by molar-refractivity contribution is 6.10. The number of unbranched alkanes of at least 4 members (excludes halogenated alkanes) is 1. The molecule has 0 radical (unpaired) electrons. The average molecular weight is 509 g/mol. The number of allylic oxidation sites excluding steroid dienone is 6. The summed E-state index contributed by atoms with van der Waals surface area (Å²) in [5.41, 5.74) is 3.65. The van der Waals surface area contributed by atoms with Gasteiger partial charge in [0.2, 0.25) is 0 Å². The molecule has 1 aliphatic carbocycles. The van der Waals surface area contributed by atoms with Gasteiger partial charge in [-0.05, 0) is 93.1 Å². The Hall–Kier alpha value is -4.18. The first-order chi connectivity index (χ1) is 18.4. The SMILES string of the molecule is C/C=C(/C)C1C=CC(C(=O)c2ccc(Oc3ccc(C(=O)c4ccc(O)cc4)cc3)cc2)=CC1.CCCC. The van der Waals surface area contributed by atoms with Crippen LogP contribution in [0.25, 0.3) is 0 Å². The molecule has 0 bridgehead atoms. The van der Waals surface area contributed by atoms with Crippen LogP contribution in [0.4, 0.5) is 0 Å².